The lowest BCUT2D eigenvalue weighted by Gasteiger charge is -2.30. The second-order valence-electron chi connectivity index (χ2n) is 2.89. The molecule has 4 nitrogen and oxygen atoms in total. The van der Waals surface area contributed by atoms with Crippen molar-refractivity contribution >= 4 is 31.2 Å². The van der Waals surface area contributed by atoms with Crippen LogP contribution in [0.3, 0.4) is 0 Å². The van der Waals surface area contributed by atoms with E-state index in [0.717, 1.165) is 0 Å². The normalized spacial score (nSPS) is 14.2. The zero-order chi connectivity index (χ0) is 11.7. The van der Waals surface area contributed by atoms with Crippen molar-refractivity contribution in [2.75, 3.05) is 47.4 Å². The largest absolute Gasteiger partial charge is 0.396 e. The van der Waals surface area contributed by atoms with Gasteiger partial charge < -0.3 is 18.3 Å². The molecule has 0 aromatic heterocycles. The van der Waals surface area contributed by atoms with Crippen LogP contribution in [0.4, 0.5) is 4.39 Å². The van der Waals surface area contributed by atoms with Crippen LogP contribution < -0.4 is 0 Å². The van der Waals surface area contributed by atoms with E-state index in [1.807, 2.05) is 22.6 Å². The summed E-state index contributed by atoms with van der Waals surface area (Å²) in [5, 5.41) is 0. The fourth-order valence-corrected chi connectivity index (χ4v) is 4.85. The lowest BCUT2D eigenvalue weighted by molar-refractivity contribution is 0.0719. The van der Waals surface area contributed by atoms with Gasteiger partial charge in [-0.25, -0.2) is 0 Å². The molecule has 0 fully saturated rings. The molecule has 0 aliphatic heterocycles. The summed E-state index contributed by atoms with van der Waals surface area (Å²) in [5.74, 6) is 0. The Morgan fingerprint density at radius 2 is 1.80 bits per heavy atom. The highest BCUT2D eigenvalue weighted by Crippen LogP contribution is 2.19. The third kappa shape index (κ3) is 5.05. The molecule has 92 valence electrons. The fourth-order valence-electron chi connectivity index (χ4n) is 1.02. The molecule has 0 spiro atoms. The first-order valence-electron chi connectivity index (χ1n) is 4.53. The molecule has 0 bridgehead atoms. The minimum absolute atomic E-state index is 0.271. The number of halogens is 2. The number of alkyl halides is 2. The average Bonchev–Trinajstić information content (AvgIpc) is 2.29. The maximum absolute atomic E-state index is 12.6. The van der Waals surface area contributed by atoms with E-state index in [4.69, 9.17) is 18.3 Å². The molecule has 0 saturated carbocycles. The Labute approximate surface area is 105 Å². The van der Waals surface area contributed by atoms with E-state index in [1.165, 1.54) is 14.2 Å². The molecule has 0 N–H and O–H groups in total. The summed E-state index contributed by atoms with van der Waals surface area (Å²) in [6.07, 6.45) is 0.320. The summed E-state index contributed by atoms with van der Waals surface area (Å²) in [6, 6.07) is 0. The molecule has 0 radical (unpaired) electrons. The quantitative estimate of drug-likeness (QED) is 0.271. The second kappa shape index (κ2) is 8.82. The van der Waals surface area contributed by atoms with E-state index in [0.29, 0.717) is 19.4 Å². The summed E-state index contributed by atoms with van der Waals surface area (Å²) in [6.45, 7) is 0.509. The molecule has 1 unspecified atom stereocenters. The maximum Gasteiger partial charge on any atom is 0.380 e. The topological polar surface area (TPSA) is 36.9 Å². The van der Waals surface area contributed by atoms with E-state index in [-0.39, 0.29) is 3.55 Å². The Hall–Kier alpha value is 0.717. The van der Waals surface area contributed by atoms with Gasteiger partial charge in [0.05, 0.1) is 23.0 Å². The maximum atomic E-state index is 12.6. The zero-order valence-corrected chi connectivity index (χ0v) is 12.5. The average molecular weight is 352 g/mol. The van der Waals surface area contributed by atoms with E-state index < -0.39 is 15.2 Å². The van der Waals surface area contributed by atoms with Crippen molar-refractivity contribution in [3.8, 4) is 0 Å². The van der Waals surface area contributed by atoms with E-state index in [1.54, 1.807) is 7.11 Å². The van der Waals surface area contributed by atoms with Gasteiger partial charge in [0, 0.05) is 21.3 Å². The highest BCUT2D eigenvalue weighted by molar-refractivity contribution is 14.1. The third-order valence-corrected chi connectivity index (χ3v) is 8.32. The van der Waals surface area contributed by atoms with Gasteiger partial charge in [-0.2, -0.15) is 0 Å². The molecule has 0 aliphatic carbocycles. The van der Waals surface area contributed by atoms with Gasteiger partial charge in [0.2, 0.25) is 0 Å². The van der Waals surface area contributed by atoms with Gasteiger partial charge in [0.25, 0.3) is 0 Å². The molecular weight excluding hydrogens is 334 g/mol. The predicted molar refractivity (Wildman–Crippen MR) is 66.3 cm³/mol. The standard InChI is InChI=1S/C8H18FIO4Si/c1-11-4-5-14-7-15(12-2,13-3)8(10)6-9/h8H,4-7H2,1-3H3. The molecule has 15 heavy (non-hydrogen) atoms. The van der Waals surface area contributed by atoms with E-state index in [9.17, 15) is 4.39 Å². The fraction of sp³-hybridized carbons (Fsp3) is 1.00. The molecule has 1 atom stereocenters. The Morgan fingerprint density at radius 1 is 1.20 bits per heavy atom. The van der Waals surface area contributed by atoms with Gasteiger partial charge in [-0.3, -0.25) is 4.39 Å². The SMILES string of the molecule is COCCOC[Si](OC)(OC)C(I)CF. The van der Waals surface area contributed by atoms with Gasteiger partial charge in [-0.15, -0.1) is 0 Å². The molecule has 0 saturated heterocycles. The Balaban J connectivity index is 4.12. The first-order chi connectivity index (χ1) is 7.16. The summed E-state index contributed by atoms with van der Waals surface area (Å²) in [4.78, 5) is 0. The number of hydrogen-bond acceptors (Lipinski definition) is 4. The number of rotatable bonds is 9. The Kier molecular flexibility index (Phi) is 9.24. The highest BCUT2D eigenvalue weighted by Gasteiger charge is 2.44. The van der Waals surface area contributed by atoms with Gasteiger partial charge >= 0.3 is 8.56 Å². The van der Waals surface area contributed by atoms with Crippen LogP contribution in [0.1, 0.15) is 0 Å². The van der Waals surface area contributed by atoms with Crippen LogP contribution in [0.5, 0.6) is 0 Å². The smallest absolute Gasteiger partial charge is 0.380 e. The van der Waals surface area contributed by atoms with Crippen LogP contribution in [0, 0.1) is 0 Å². The van der Waals surface area contributed by atoms with Crippen molar-refractivity contribution in [3.05, 3.63) is 0 Å². The van der Waals surface area contributed by atoms with Gasteiger partial charge in [-0.1, -0.05) is 22.6 Å². The number of ether oxygens (including phenoxy) is 2. The molecule has 0 rings (SSSR count). The van der Waals surface area contributed by atoms with Crippen molar-refractivity contribution in [2.45, 2.75) is 3.55 Å². The van der Waals surface area contributed by atoms with E-state index in [2.05, 4.69) is 0 Å². The molecule has 7 heteroatoms. The van der Waals surface area contributed by atoms with Crippen LogP contribution >= 0.6 is 22.6 Å². The monoisotopic (exact) mass is 352 g/mol. The second-order valence-corrected chi connectivity index (χ2v) is 8.99. The van der Waals surface area contributed by atoms with E-state index >= 15 is 0 Å². The van der Waals surface area contributed by atoms with Crippen LogP contribution in [0.15, 0.2) is 0 Å². The van der Waals surface area contributed by atoms with Gasteiger partial charge in [0.15, 0.2) is 0 Å². The summed E-state index contributed by atoms with van der Waals surface area (Å²) >= 11 is 2.01. The zero-order valence-electron chi connectivity index (χ0n) is 9.29. The summed E-state index contributed by atoms with van der Waals surface area (Å²) in [5.41, 5.74) is 0. The van der Waals surface area contributed by atoms with Crippen molar-refractivity contribution < 1.29 is 22.7 Å². The first kappa shape index (κ1) is 15.7. The molecule has 0 aromatic carbocycles. The molecule has 0 heterocycles. The molecular formula is C8H18FIO4Si. The summed E-state index contributed by atoms with van der Waals surface area (Å²) in [7, 11) is 2.11. The molecule has 0 aromatic rings. The summed E-state index contributed by atoms with van der Waals surface area (Å²) < 4.78 is 33.2. The molecule has 0 aliphatic rings. The van der Waals surface area contributed by atoms with Crippen molar-refractivity contribution in [1.29, 1.82) is 0 Å². The number of methoxy groups -OCH3 is 1. The lowest BCUT2D eigenvalue weighted by Crippen LogP contribution is -2.55. The highest BCUT2D eigenvalue weighted by atomic mass is 127. The first-order valence-corrected chi connectivity index (χ1v) is 7.88. The van der Waals surface area contributed by atoms with Gasteiger partial charge in [-0.05, 0) is 0 Å². The van der Waals surface area contributed by atoms with Crippen LogP contribution in [0.2, 0.25) is 0 Å². The third-order valence-electron chi connectivity index (χ3n) is 2.04. The molecule has 0 amide bonds. The van der Waals surface area contributed by atoms with Crippen molar-refractivity contribution in [2.24, 2.45) is 0 Å². The Bertz CT molecular complexity index is 160. The lowest BCUT2D eigenvalue weighted by atomic mass is 10.8. The van der Waals surface area contributed by atoms with Crippen LogP contribution in [-0.2, 0) is 18.3 Å². The predicted octanol–water partition coefficient (Wildman–Crippen LogP) is 1.24. The minimum atomic E-state index is -2.56. The minimum Gasteiger partial charge on any atom is -0.396 e. The van der Waals surface area contributed by atoms with Gasteiger partial charge in [0.1, 0.15) is 6.67 Å². The van der Waals surface area contributed by atoms with Crippen molar-refractivity contribution in [3.63, 3.8) is 0 Å². The number of hydrogen-bond donors (Lipinski definition) is 0. The van der Waals surface area contributed by atoms with Crippen molar-refractivity contribution in [1.82, 2.24) is 0 Å². The Morgan fingerprint density at radius 3 is 2.20 bits per heavy atom. The van der Waals surface area contributed by atoms with Crippen LogP contribution in [-0.4, -0.2) is 59.6 Å². The van der Waals surface area contributed by atoms with Crippen LogP contribution in [0.25, 0.3) is 0 Å².